The van der Waals surface area contributed by atoms with Crippen molar-refractivity contribution in [3.8, 4) is 0 Å². The van der Waals surface area contributed by atoms with Gasteiger partial charge in [-0.1, -0.05) is 12.1 Å². The highest BCUT2D eigenvalue weighted by molar-refractivity contribution is 5.76. The molecule has 1 aromatic carbocycles. The van der Waals surface area contributed by atoms with Crippen LogP contribution in [0, 0.1) is 12.7 Å². The van der Waals surface area contributed by atoms with Gasteiger partial charge in [0, 0.05) is 12.8 Å². The summed E-state index contributed by atoms with van der Waals surface area (Å²) in [7, 11) is 0. The van der Waals surface area contributed by atoms with Gasteiger partial charge in [0.25, 0.3) is 0 Å². The van der Waals surface area contributed by atoms with Gasteiger partial charge in [-0.15, -0.1) is 0 Å². The molecule has 1 aliphatic heterocycles. The van der Waals surface area contributed by atoms with Crippen molar-refractivity contribution in [3.63, 3.8) is 0 Å². The minimum absolute atomic E-state index is 0.0798. The van der Waals surface area contributed by atoms with Crippen LogP contribution in [0.1, 0.15) is 30.0 Å². The zero-order valence-electron chi connectivity index (χ0n) is 13.0. The van der Waals surface area contributed by atoms with Crippen LogP contribution < -0.4 is 5.32 Å². The van der Waals surface area contributed by atoms with Crippen molar-refractivity contribution in [3.05, 3.63) is 53.6 Å². The zero-order chi connectivity index (χ0) is 16.2. The summed E-state index contributed by atoms with van der Waals surface area (Å²) in [6, 6.07) is 5.92. The molecular formula is C17H20FN3O2. The standard InChI is InChI=1S/C17H20FN3O2/c1-12-9-19-21(10-12)11-16(22)20-17(15-3-2-8-23-15)13-4-6-14(18)7-5-13/h4-7,9-10,15,17H,2-3,8,11H2,1H3,(H,20,22)/t15-,17-/m0/s1. The molecule has 2 heterocycles. The summed E-state index contributed by atoms with van der Waals surface area (Å²) in [5.41, 5.74) is 1.86. The molecule has 0 aliphatic carbocycles. The monoisotopic (exact) mass is 317 g/mol. The molecule has 23 heavy (non-hydrogen) atoms. The smallest absolute Gasteiger partial charge is 0.242 e. The number of halogens is 1. The van der Waals surface area contributed by atoms with Crippen LogP contribution in [0.5, 0.6) is 0 Å². The molecule has 1 aliphatic rings. The second-order valence-electron chi connectivity index (χ2n) is 5.86. The van der Waals surface area contributed by atoms with Crippen molar-refractivity contribution < 1.29 is 13.9 Å². The van der Waals surface area contributed by atoms with Gasteiger partial charge in [-0.05, 0) is 43.0 Å². The number of aryl methyl sites for hydroxylation is 1. The van der Waals surface area contributed by atoms with Crippen molar-refractivity contribution in [2.75, 3.05) is 6.61 Å². The van der Waals surface area contributed by atoms with E-state index in [1.165, 1.54) is 12.1 Å². The average Bonchev–Trinajstić information content (AvgIpc) is 3.18. The molecule has 1 fully saturated rings. The number of rotatable bonds is 5. The highest BCUT2D eigenvalue weighted by atomic mass is 19.1. The lowest BCUT2D eigenvalue weighted by atomic mass is 9.99. The number of amides is 1. The predicted molar refractivity (Wildman–Crippen MR) is 83.2 cm³/mol. The summed E-state index contributed by atoms with van der Waals surface area (Å²) in [5.74, 6) is -0.434. The second kappa shape index (κ2) is 6.91. The summed E-state index contributed by atoms with van der Waals surface area (Å²) in [6.07, 6.45) is 5.30. The van der Waals surface area contributed by atoms with Crippen LogP contribution in [-0.2, 0) is 16.1 Å². The minimum Gasteiger partial charge on any atom is -0.376 e. The number of hydrogen-bond donors (Lipinski definition) is 1. The van der Waals surface area contributed by atoms with Gasteiger partial charge in [0.05, 0.1) is 18.3 Å². The van der Waals surface area contributed by atoms with Gasteiger partial charge in [0.1, 0.15) is 12.4 Å². The van der Waals surface area contributed by atoms with Crippen molar-refractivity contribution in [1.82, 2.24) is 15.1 Å². The van der Waals surface area contributed by atoms with E-state index in [1.807, 2.05) is 13.1 Å². The number of hydrogen-bond acceptors (Lipinski definition) is 3. The first-order chi connectivity index (χ1) is 11.1. The van der Waals surface area contributed by atoms with Crippen LogP contribution in [0.25, 0.3) is 0 Å². The van der Waals surface area contributed by atoms with E-state index < -0.39 is 0 Å². The lowest BCUT2D eigenvalue weighted by molar-refractivity contribution is -0.123. The molecule has 6 heteroatoms. The Morgan fingerprint density at radius 2 is 2.26 bits per heavy atom. The molecule has 1 N–H and O–H groups in total. The molecule has 0 saturated carbocycles. The first-order valence-electron chi connectivity index (χ1n) is 7.77. The quantitative estimate of drug-likeness (QED) is 0.921. The SMILES string of the molecule is Cc1cnn(CC(=O)N[C@@H](c2ccc(F)cc2)[C@@H]2CCCO2)c1. The van der Waals surface area contributed by atoms with Crippen molar-refractivity contribution in [2.24, 2.45) is 0 Å². The molecule has 122 valence electrons. The Morgan fingerprint density at radius 3 is 2.87 bits per heavy atom. The van der Waals surface area contributed by atoms with Crippen molar-refractivity contribution >= 4 is 5.91 Å². The average molecular weight is 317 g/mol. The van der Waals surface area contributed by atoms with Gasteiger partial charge in [-0.2, -0.15) is 5.10 Å². The number of aromatic nitrogens is 2. The summed E-state index contributed by atoms with van der Waals surface area (Å²) >= 11 is 0. The Hall–Kier alpha value is -2.21. The van der Waals surface area contributed by atoms with Gasteiger partial charge in [0.2, 0.25) is 5.91 Å². The lowest BCUT2D eigenvalue weighted by Gasteiger charge is -2.24. The Kier molecular flexibility index (Phi) is 4.71. The lowest BCUT2D eigenvalue weighted by Crippen LogP contribution is -2.38. The molecule has 1 amide bonds. The predicted octanol–water partition coefficient (Wildman–Crippen LogP) is 2.37. The largest absolute Gasteiger partial charge is 0.376 e. The van der Waals surface area contributed by atoms with Crippen molar-refractivity contribution in [1.29, 1.82) is 0 Å². The van der Waals surface area contributed by atoms with Crippen LogP contribution in [0.15, 0.2) is 36.7 Å². The maximum atomic E-state index is 13.1. The molecular weight excluding hydrogens is 297 g/mol. The van der Waals surface area contributed by atoms with Gasteiger partial charge in [-0.25, -0.2) is 4.39 Å². The molecule has 1 aromatic heterocycles. The molecule has 0 spiro atoms. The zero-order valence-corrected chi connectivity index (χ0v) is 13.0. The third-order valence-electron chi connectivity index (χ3n) is 3.95. The third kappa shape index (κ3) is 3.96. The van der Waals surface area contributed by atoms with Crippen LogP contribution in [0.4, 0.5) is 4.39 Å². The fourth-order valence-corrected chi connectivity index (χ4v) is 2.85. The van der Waals surface area contributed by atoms with Gasteiger partial charge in [-0.3, -0.25) is 9.48 Å². The van der Waals surface area contributed by atoms with E-state index >= 15 is 0 Å². The first kappa shape index (κ1) is 15.7. The van der Waals surface area contributed by atoms with E-state index in [0.717, 1.165) is 24.0 Å². The molecule has 2 atom stereocenters. The fourth-order valence-electron chi connectivity index (χ4n) is 2.85. The maximum Gasteiger partial charge on any atom is 0.242 e. The molecule has 2 aromatic rings. The topological polar surface area (TPSA) is 56.2 Å². The van der Waals surface area contributed by atoms with E-state index in [4.69, 9.17) is 4.74 Å². The van der Waals surface area contributed by atoms with Crippen LogP contribution in [0.3, 0.4) is 0 Å². The Morgan fingerprint density at radius 1 is 1.48 bits per heavy atom. The number of carbonyl (C=O) groups excluding carboxylic acids is 1. The first-order valence-corrected chi connectivity index (χ1v) is 7.77. The number of ether oxygens (including phenoxy) is 1. The van der Waals surface area contributed by atoms with Crippen molar-refractivity contribution in [2.45, 2.75) is 38.5 Å². The Balaban J connectivity index is 1.72. The number of nitrogens with zero attached hydrogens (tertiary/aromatic N) is 2. The van der Waals surface area contributed by atoms with E-state index in [0.29, 0.717) is 6.61 Å². The highest BCUT2D eigenvalue weighted by Gasteiger charge is 2.28. The van der Waals surface area contributed by atoms with E-state index in [2.05, 4.69) is 10.4 Å². The van der Waals surface area contributed by atoms with E-state index in [1.54, 1.807) is 23.0 Å². The molecule has 5 nitrogen and oxygen atoms in total. The molecule has 0 radical (unpaired) electrons. The Labute approximate surface area is 134 Å². The van der Waals surface area contributed by atoms with E-state index in [-0.39, 0.29) is 30.4 Å². The fraction of sp³-hybridized carbons (Fsp3) is 0.412. The normalized spacial score (nSPS) is 18.8. The van der Waals surface area contributed by atoms with Gasteiger partial charge >= 0.3 is 0 Å². The van der Waals surface area contributed by atoms with Crippen LogP contribution in [0.2, 0.25) is 0 Å². The van der Waals surface area contributed by atoms with Crippen LogP contribution >= 0.6 is 0 Å². The van der Waals surface area contributed by atoms with Crippen LogP contribution in [-0.4, -0.2) is 28.4 Å². The summed E-state index contributed by atoms with van der Waals surface area (Å²) in [4.78, 5) is 12.3. The number of nitrogens with one attached hydrogen (secondary N) is 1. The summed E-state index contributed by atoms with van der Waals surface area (Å²) in [6.45, 7) is 2.77. The summed E-state index contributed by atoms with van der Waals surface area (Å²) < 4.78 is 20.5. The van der Waals surface area contributed by atoms with E-state index in [9.17, 15) is 9.18 Å². The molecule has 1 saturated heterocycles. The molecule has 3 rings (SSSR count). The third-order valence-corrected chi connectivity index (χ3v) is 3.95. The van der Waals surface area contributed by atoms with Gasteiger partial charge < -0.3 is 10.1 Å². The summed E-state index contributed by atoms with van der Waals surface area (Å²) in [5, 5.41) is 7.13. The maximum absolute atomic E-state index is 13.1. The minimum atomic E-state index is -0.293. The van der Waals surface area contributed by atoms with Gasteiger partial charge in [0.15, 0.2) is 0 Å². The number of benzene rings is 1. The molecule has 0 unspecified atom stereocenters. The Bertz CT molecular complexity index is 663. The molecule has 0 bridgehead atoms. The highest BCUT2D eigenvalue weighted by Crippen LogP contribution is 2.27. The number of carbonyl (C=O) groups is 1. The second-order valence-corrected chi connectivity index (χ2v) is 5.86.